The van der Waals surface area contributed by atoms with Crippen molar-refractivity contribution in [1.29, 1.82) is 0 Å². The van der Waals surface area contributed by atoms with Gasteiger partial charge in [-0.1, -0.05) is 0 Å². The lowest BCUT2D eigenvalue weighted by Gasteiger charge is -2.04. The molecule has 0 amide bonds. The largest absolute Gasteiger partial charge is 0.461 e. The van der Waals surface area contributed by atoms with E-state index < -0.39 is 29.1 Å². The van der Waals surface area contributed by atoms with Gasteiger partial charge in [0.2, 0.25) is 0 Å². The third kappa shape index (κ3) is 2.90. The van der Waals surface area contributed by atoms with E-state index in [-0.39, 0.29) is 18.3 Å². The average molecular weight is 286 g/mol. The molecular formula is C12H9F3N2O3. The van der Waals surface area contributed by atoms with Crippen LogP contribution in [0.2, 0.25) is 0 Å². The van der Waals surface area contributed by atoms with E-state index in [2.05, 4.69) is 15.0 Å². The van der Waals surface area contributed by atoms with Crippen LogP contribution in [0.15, 0.2) is 22.8 Å². The van der Waals surface area contributed by atoms with Crippen LogP contribution in [0.25, 0.3) is 0 Å². The monoisotopic (exact) mass is 286 g/mol. The first kappa shape index (κ1) is 13.9. The minimum atomic E-state index is -1.15. The molecule has 5 nitrogen and oxygen atoms in total. The molecule has 0 saturated carbocycles. The van der Waals surface area contributed by atoms with Gasteiger partial charge >= 0.3 is 5.97 Å². The molecule has 0 aliphatic heterocycles. The highest BCUT2D eigenvalue weighted by Crippen LogP contribution is 2.24. The van der Waals surface area contributed by atoms with Crippen LogP contribution < -0.4 is 5.32 Å². The van der Waals surface area contributed by atoms with Gasteiger partial charge in [0.1, 0.15) is 17.8 Å². The molecule has 1 heterocycles. The van der Waals surface area contributed by atoms with Gasteiger partial charge in [0, 0.05) is 12.1 Å². The fraction of sp³-hybridized carbons (Fsp3) is 0.167. The highest BCUT2D eigenvalue weighted by molar-refractivity contribution is 5.87. The second-order valence-electron chi connectivity index (χ2n) is 3.63. The van der Waals surface area contributed by atoms with E-state index >= 15 is 0 Å². The predicted octanol–water partition coefficient (Wildman–Crippen LogP) is 3.01. The Morgan fingerprint density at radius 2 is 2.00 bits per heavy atom. The Hall–Kier alpha value is -2.51. The van der Waals surface area contributed by atoms with Crippen molar-refractivity contribution in [1.82, 2.24) is 4.98 Å². The van der Waals surface area contributed by atoms with Crippen LogP contribution in [0.3, 0.4) is 0 Å². The van der Waals surface area contributed by atoms with E-state index in [4.69, 9.17) is 4.42 Å². The van der Waals surface area contributed by atoms with Crippen LogP contribution in [0.1, 0.15) is 17.4 Å². The van der Waals surface area contributed by atoms with Gasteiger partial charge in [-0.25, -0.2) is 18.0 Å². The maximum Gasteiger partial charge on any atom is 0.360 e. The maximum absolute atomic E-state index is 13.4. The molecule has 0 aliphatic carbocycles. The predicted molar refractivity (Wildman–Crippen MR) is 62.1 cm³/mol. The molecule has 0 fully saturated rings. The molecule has 8 heteroatoms. The molecule has 0 bridgehead atoms. The Labute approximate surface area is 111 Å². The van der Waals surface area contributed by atoms with Crippen LogP contribution >= 0.6 is 0 Å². The van der Waals surface area contributed by atoms with Gasteiger partial charge in [-0.3, -0.25) is 0 Å². The number of aromatic nitrogens is 1. The number of benzene rings is 1. The number of esters is 1. The zero-order valence-corrected chi connectivity index (χ0v) is 10.2. The normalized spacial score (nSPS) is 10.4. The highest BCUT2D eigenvalue weighted by atomic mass is 19.1. The Morgan fingerprint density at radius 3 is 2.60 bits per heavy atom. The number of halogens is 3. The van der Waals surface area contributed by atoms with E-state index in [0.29, 0.717) is 12.1 Å². The van der Waals surface area contributed by atoms with Crippen molar-refractivity contribution >= 4 is 17.7 Å². The maximum atomic E-state index is 13.4. The molecule has 1 N–H and O–H groups in total. The summed E-state index contributed by atoms with van der Waals surface area (Å²) in [6, 6.07) is 0.679. The Morgan fingerprint density at radius 1 is 1.35 bits per heavy atom. The molecule has 1 aromatic carbocycles. The molecule has 2 aromatic rings. The molecule has 20 heavy (non-hydrogen) atoms. The summed E-state index contributed by atoms with van der Waals surface area (Å²) < 4.78 is 49.0. The van der Waals surface area contributed by atoms with Gasteiger partial charge < -0.3 is 14.5 Å². The van der Waals surface area contributed by atoms with Gasteiger partial charge in [0.15, 0.2) is 17.3 Å². The van der Waals surface area contributed by atoms with Gasteiger partial charge in [-0.05, 0) is 6.92 Å². The van der Waals surface area contributed by atoms with Gasteiger partial charge in [-0.15, -0.1) is 0 Å². The van der Waals surface area contributed by atoms with Crippen LogP contribution in [0.4, 0.5) is 24.9 Å². The van der Waals surface area contributed by atoms with E-state index in [1.54, 1.807) is 6.92 Å². The van der Waals surface area contributed by atoms with E-state index in [9.17, 15) is 18.0 Å². The summed E-state index contributed by atoms with van der Waals surface area (Å²) in [6.07, 6.45) is 0.972. The molecule has 0 radical (unpaired) electrons. The van der Waals surface area contributed by atoms with Crippen molar-refractivity contribution in [3.8, 4) is 0 Å². The number of nitrogens with zero attached hydrogens (tertiary/aromatic N) is 1. The van der Waals surface area contributed by atoms with Crippen LogP contribution in [0.5, 0.6) is 0 Å². The van der Waals surface area contributed by atoms with Crippen molar-refractivity contribution in [3.63, 3.8) is 0 Å². The van der Waals surface area contributed by atoms with Crippen molar-refractivity contribution in [2.45, 2.75) is 6.92 Å². The number of hydrogen-bond donors (Lipinski definition) is 1. The molecular weight excluding hydrogens is 277 g/mol. The van der Waals surface area contributed by atoms with Crippen LogP contribution in [-0.4, -0.2) is 17.6 Å². The number of hydrogen-bond acceptors (Lipinski definition) is 5. The quantitative estimate of drug-likeness (QED) is 0.875. The van der Waals surface area contributed by atoms with Crippen molar-refractivity contribution in [3.05, 3.63) is 41.5 Å². The van der Waals surface area contributed by atoms with Gasteiger partial charge in [0.25, 0.3) is 6.01 Å². The number of oxazole rings is 1. The minimum absolute atomic E-state index is 0.148. The molecule has 0 saturated heterocycles. The van der Waals surface area contributed by atoms with E-state index in [1.807, 2.05) is 0 Å². The Balaban J connectivity index is 2.21. The third-order valence-electron chi connectivity index (χ3n) is 2.23. The second kappa shape index (κ2) is 5.64. The van der Waals surface area contributed by atoms with Crippen LogP contribution in [0, 0.1) is 17.5 Å². The molecule has 1 aromatic heterocycles. The second-order valence-corrected chi connectivity index (χ2v) is 3.63. The third-order valence-corrected chi connectivity index (χ3v) is 2.23. The topological polar surface area (TPSA) is 64.4 Å². The molecule has 0 spiro atoms. The first-order valence-corrected chi connectivity index (χ1v) is 5.55. The molecule has 0 atom stereocenters. The highest BCUT2D eigenvalue weighted by Gasteiger charge is 2.17. The fourth-order valence-corrected chi connectivity index (χ4v) is 1.40. The lowest BCUT2D eigenvalue weighted by molar-refractivity contribution is 0.0519. The minimum Gasteiger partial charge on any atom is -0.461 e. The Kier molecular flexibility index (Phi) is 3.92. The zero-order chi connectivity index (χ0) is 14.7. The molecule has 2 rings (SSSR count). The smallest absolute Gasteiger partial charge is 0.360 e. The molecule has 0 unspecified atom stereocenters. The van der Waals surface area contributed by atoms with Crippen LogP contribution in [-0.2, 0) is 4.74 Å². The summed E-state index contributed by atoms with van der Waals surface area (Å²) >= 11 is 0. The zero-order valence-electron chi connectivity index (χ0n) is 10.2. The average Bonchev–Trinajstić information content (AvgIpc) is 2.82. The van der Waals surface area contributed by atoms with Crippen molar-refractivity contribution in [2.24, 2.45) is 0 Å². The first-order valence-electron chi connectivity index (χ1n) is 5.55. The van der Waals surface area contributed by atoms with E-state index in [0.717, 1.165) is 6.26 Å². The van der Waals surface area contributed by atoms with Gasteiger partial charge in [0.05, 0.1) is 6.61 Å². The summed E-state index contributed by atoms with van der Waals surface area (Å²) in [5.74, 6) is -4.09. The summed E-state index contributed by atoms with van der Waals surface area (Å²) in [5, 5.41) is 2.18. The summed E-state index contributed by atoms with van der Waals surface area (Å²) in [4.78, 5) is 15.0. The number of anilines is 2. The summed E-state index contributed by atoms with van der Waals surface area (Å²) in [7, 11) is 0. The SMILES string of the molecule is CCOC(=O)c1coc(Nc2c(F)cc(F)cc2F)n1. The number of ether oxygens (including phenoxy) is 1. The number of carbonyl (C=O) groups excluding carboxylic acids is 1. The fourth-order valence-electron chi connectivity index (χ4n) is 1.40. The van der Waals surface area contributed by atoms with Gasteiger partial charge in [-0.2, -0.15) is 4.98 Å². The molecule has 0 aliphatic rings. The lowest BCUT2D eigenvalue weighted by Crippen LogP contribution is -2.05. The standard InChI is InChI=1S/C12H9F3N2O3/c1-2-19-11(18)9-5-20-12(16-9)17-10-7(14)3-6(13)4-8(10)15/h3-5H,2H2,1H3,(H,16,17). The number of rotatable bonds is 4. The van der Waals surface area contributed by atoms with Crippen molar-refractivity contribution < 1.29 is 27.1 Å². The van der Waals surface area contributed by atoms with E-state index in [1.165, 1.54) is 0 Å². The number of carbonyl (C=O) groups is 1. The molecule has 106 valence electrons. The summed E-state index contributed by atoms with van der Waals surface area (Å²) in [5.41, 5.74) is -0.791. The Bertz CT molecular complexity index is 620. The van der Waals surface area contributed by atoms with Crippen molar-refractivity contribution in [2.75, 3.05) is 11.9 Å². The first-order chi connectivity index (χ1) is 9.51. The lowest BCUT2D eigenvalue weighted by atomic mass is 10.3. The number of nitrogens with one attached hydrogen (secondary N) is 1. The summed E-state index contributed by atoms with van der Waals surface area (Å²) in [6.45, 7) is 1.76.